The Bertz CT molecular complexity index is 807. The maximum Gasteiger partial charge on any atom is 0.179 e. The van der Waals surface area contributed by atoms with Gasteiger partial charge in [-0.1, -0.05) is 12.1 Å². The van der Waals surface area contributed by atoms with Gasteiger partial charge in [-0.2, -0.15) is 10.5 Å². The van der Waals surface area contributed by atoms with E-state index in [4.69, 9.17) is 5.26 Å². The van der Waals surface area contributed by atoms with Gasteiger partial charge in [0.05, 0.1) is 24.7 Å². The first-order chi connectivity index (χ1) is 11.1. The van der Waals surface area contributed by atoms with Crippen LogP contribution in [0.3, 0.4) is 0 Å². The number of rotatable bonds is 3. The summed E-state index contributed by atoms with van der Waals surface area (Å²) in [4.78, 5) is 1.76. The monoisotopic (exact) mass is 302 g/mol. The Kier molecular flexibility index (Phi) is 3.91. The second kappa shape index (κ2) is 6.02. The zero-order valence-electron chi connectivity index (χ0n) is 13.3. The highest BCUT2D eigenvalue weighted by atomic mass is 15.1. The molecule has 114 valence electrons. The lowest BCUT2D eigenvalue weighted by Crippen LogP contribution is -2.10. The largest absolute Gasteiger partial charge is 0.383 e. The minimum atomic E-state index is 0.343. The molecule has 0 amide bonds. The maximum atomic E-state index is 9.21. The lowest BCUT2D eigenvalue weighted by atomic mass is 9.95. The van der Waals surface area contributed by atoms with Crippen molar-refractivity contribution in [3.05, 3.63) is 53.1 Å². The first-order valence-electron chi connectivity index (χ1n) is 7.68. The van der Waals surface area contributed by atoms with Crippen molar-refractivity contribution in [1.29, 1.82) is 10.5 Å². The molecule has 1 aliphatic heterocycles. The SMILES string of the molecule is CC(C)Nc1cc2c(c(-c3ccc(C#N)cc3)c1)CN(C#N)C2. The van der Waals surface area contributed by atoms with E-state index in [1.807, 2.05) is 24.3 Å². The van der Waals surface area contributed by atoms with Gasteiger partial charge >= 0.3 is 0 Å². The number of hydrogen-bond acceptors (Lipinski definition) is 4. The Labute approximate surface area is 136 Å². The summed E-state index contributed by atoms with van der Waals surface area (Å²) in [7, 11) is 0. The average molecular weight is 302 g/mol. The van der Waals surface area contributed by atoms with Gasteiger partial charge in [0, 0.05) is 11.7 Å². The highest BCUT2D eigenvalue weighted by molar-refractivity contribution is 5.74. The molecule has 2 aromatic rings. The smallest absolute Gasteiger partial charge is 0.179 e. The van der Waals surface area contributed by atoms with Gasteiger partial charge in [-0.05, 0) is 60.4 Å². The number of nitrogens with one attached hydrogen (secondary N) is 1. The van der Waals surface area contributed by atoms with E-state index >= 15 is 0 Å². The van der Waals surface area contributed by atoms with E-state index in [1.54, 1.807) is 4.90 Å². The third kappa shape index (κ3) is 2.98. The minimum absolute atomic E-state index is 0.343. The molecule has 1 N–H and O–H groups in total. The van der Waals surface area contributed by atoms with Crippen LogP contribution in [0.4, 0.5) is 5.69 Å². The average Bonchev–Trinajstić information content (AvgIpc) is 2.96. The molecule has 0 unspecified atom stereocenters. The zero-order valence-corrected chi connectivity index (χ0v) is 13.3. The molecule has 0 spiro atoms. The molecule has 0 bridgehead atoms. The van der Waals surface area contributed by atoms with E-state index in [0.29, 0.717) is 24.7 Å². The summed E-state index contributed by atoms with van der Waals surface area (Å²) >= 11 is 0. The minimum Gasteiger partial charge on any atom is -0.383 e. The summed E-state index contributed by atoms with van der Waals surface area (Å²) in [6.07, 6.45) is 2.24. The molecule has 1 heterocycles. The fourth-order valence-corrected chi connectivity index (χ4v) is 2.98. The first-order valence-corrected chi connectivity index (χ1v) is 7.68. The molecule has 1 aliphatic rings. The molecule has 0 radical (unpaired) electrons. The van der Waals surface area contributed by atoms with Crippen molar-refractivity contribution in [2.24, 2.45) is 0 Å². The van der Waals surface area contributed by atoms with Crippen LogP contribution < -0.4 is 5.32 Å². The summed E-state index contributed by atoms with van der Waals surface area (Å²) < 4.78 is 0. The van der Waals surface area contributed by atoms with Gasteiger partial charge in [0.15, 0.2) is 6.19 Å². The molecular formula is C19H18N4. The van der Waals surface area contributed by atoms with Gasteiger partial charge in [0.1, 0.15) is 0 Å². The molecule has 0 aromatic heterocycles. The normalized spacial score (nSPS) is 12.7. The van der Waals surface area contributed by atoms with Crippen molar-refractivity contribution >= 4 is 5.69 Å². The van der Waals surface area contributed by atoms with E-state index in [0.717, 1.165) is 16.8 Å². The Morgan fingerprint density at radius 2 is 1.83 bits per heavy atom. The van der Waals surface area contributed by atoms with Crippen molar-refractivity contribution < 1.29 is 0 Å². The lowest BCUT2D eigenvalue weighted by molar-refractivity contribution is 0.417. The Balaban J connectivity index is 2.09. The van der Waals surface area contributed by atoms with Crippen molar-refractivity contribution in [2.45, 2.75) is 33.0 Å². The number of anilines is 1. The molecular weight excluding hydrogens is 284 g/mol. The van der Waals surface area contributed by atoms with Gasteiger partial charge < -0.3 is 10.2 Å². The summed E-state index contributed by atoms with van der Waals surface area (Å²) in [5.74, 6) is 0. The molecule has 0 fully saturated rings. The third-order valence-electron chi connectivity index (χ3n) is 3.97. The van der Waals surface area contributed by atoms with Crippen LogP contribution in [0.25, 0.3) is 11.1 Å². The molecule has 0 saturated carbocycles. The molecule has 3 rings (SSSR count). The predicted molar refractivity (Wildman–Crippen MR) is 90.2 cm³/mol. The summed E-state index contributed by atoms with van der Waals surface area (Å²) in [5, 5.41) is 21.6. The van der Waals surface area contributed by atoms with E-state index in [1.165, 1.54) is 11.1 Å². The van der Waals surface area contributed by atoms with Crippen molar-refractivity contribution in [3.63, 3.8) is 0 Å². The van der Waals surface area contributed by atoms with Crippen molar-refractivity contribution in [2.75, 3.05) is 5.32 Å². The molecule has 2 aromatic carbocycles. The fourth-order valence-electron chi connectivity index (χ4n) is 2.98. The molecule has 0 saturated heterocycles. The Morgan fingerprint density at radius 3 is 2.43 bits per heavy atom. The molecule has 4 nitrogen and oxygen atoms in total. The van der Waals surface area contributed by atoms with Gasteiger partial charge in [-0.15, -0.1) is 0 Å². The summed E-state index contributed by atoms with van der Waals surface area (Å²) in [6.45, 7) is 5.51. The van der Waals surface area contributed by atoms with E-state index in [-0.39, 0.29) is 0 Å². The lowest BCUT2D eigenvalue weighted by Gasteiger charge is -2.15. The standard InChI is InChI=1S/C19H18N4/c1-13(2)22-17-7-16-10-23(12-21)11-19(16)18(8-17)15-5-3-14(9-20)4-6-15/h3-8,13,22H,10-11H2,1-2H3. The first kappa shape index (κ1) is 14.9. The predicted octanol–water partition coefficient (Wildman–Crippen LogP) is 3.84. The molecule has 4 heteroatoms. The van der Waals surface area contributed by atoms with Crippen LogP contribution in [0.2, 0.25) is 0 Å². The van der Waals surface area contributed by atoms with Crippen LogP contribution in [0, 0.1) is 22.8 Å². The summed E-state index contributed by atoms with van der Waals surface area (Å²) in [6, 6.07) is 14.4. The number of nitrogens with zero attached hydrogens (tertiary/aromatic N) is 3. The highest BCUT2D eigenvalue weighted by Gasteiger charge is 2.22. The second-order valence-corrected chi connectivity index (χ2v) is 6.11. The number of nitriles is 2. The van der Waals surface area contributed by atoms with Gasteiger partial charge in [0.25, 0.3) is 0 Å². The van der Waals surface area contributed by atoms with Crippen LogP contribution in [-0.2, 0) is 13.1 Å². The molecule has 23 heavy (non-hydrogen) atoms. The van der Waals surface area contributed by atoms with E-state index in [2.05, 4.69) is 43.6 Å². The highest BCUT2D eigenvalue weighted by Crippen LogP contribution is 2.35. The number of benzene rings is 2. The van der Waals surface area contributed by atoms with Crippen LogP contribution in [0.15, 0.2) is 36.4 Å². The van der Waals surface area contributed by atoms with Crippen molar-refractivity contribution in [1.82, 2.24) is 4.90 Å². The van der Waals surface area contributed by atoms with Crippen LogP contribution in [-0.4, -0.2) is 10.9 Å². The van der Waals surface area contributed by atoms with E-state index < -0.39 is 0 Å². The van der Waals surface area contributed by atoms with Gasteiger partial charge in [-0.25, -0.2) is 0 Å². The van der Waals surface area contributed by atoms with Gasteiger partial charge in [-0.3, -0.25) is 0 Å². The van der Waals surface area contributed by atoms with Gasteiger partial charge in [0.2, 0.25) is 0 Å². The quantitative estimate of drug-likeness (QED) is 0.875. The van der Waals surface area contributed by atoms with E-state index in [9.17, 15) is 5.26 Å². The molecule has 0 aliphatic carbocycles. The fraction of sp³-hybridized carbons (Fsp3) is 0.263. The summed E-state index contributed by atoms with van der Waals surface area (Å²) in [5.41, 5.74) is 6.32. The second-order valence-electron chi connectivity index (χ2n) is 6.11. The zero-order chi connectivity index (χ0) is 16.4. The van der Waals surface area contributed by atoms with Crippen LogP contribution in [0.5, 0.6) is 0 Å². The van der Waals surface area contributed by atoms with Crippen molar-refractivity contribution in [3.8, 4) is 23.4 Å². The Morgan fingerprint density at radius 1 is 1.09 bits per heavy atom. The topological polar surface area (TPSA) is 62.9 Å². The third-order valence-corrected chi connectivity index (χ3v) is 3.97. The molecule has 0 atom stereocenters. The van der Waals surface area contributed by atoms with Crippen LogP contribution in [0.1, 0.15) is 30.5 Å². The maximum absolute atomic E-state index is 9.21. The number of fused-ring (bicyclic) bond motifs is 1. The number of hydrogen-bond donors (Lipinski definition) is 1. The van der Waals surface area contributed by atoms with Crippen LogP contribution >= 0.6 is 0 Å². The Hall–Kier alpha value is -2.98.